The first kappa shape index (κ1) is 54.1. The zero-order valence-corrected chi connectivity index (χ0v) is 46.9. The van der Waals surface area contributed by atoms with Crippen LogP contribution >= 0.6 is 7.26 Å². The Kier molecular flexibility index (Phi) is 18.2. The molecule has 1 atom stereocenters. The minimum Gasteiger partial charge on any atom is -0.195 e. The van der Waals surface area contributed by atoms with E-state index in [2.05, 4.69) is 361 Å². The van der Waals surface area contributed by atoms with Gasteiger partial charge in [-0.2, -0.15) is 43.7 Å². The Bertz CT molecular complexity index is 2820. The summed E-state index contributed by atoms with van der Waals surface area (Å²) in [5.74, 6) is 1.23. The van der Waals surface area contributed by atoms with Crippen LogP contribution in [0.3, 0.4) is 0 Å². The normalized spacial score (nSPS) is 11.9. The van der Waals surface area contributed by atoms with Crippen LogP contribution in [0.2, 0.25) is 0 Å². The quantitative estimate of drug-likeness (QED) is 0.0578. The third-order valence-corrected chi connectivity index (χ3v) is 24.3. The summed E-state index contributed by atoms with van der Waals surface area (Å²) in [6, 6.07) is 121. The summed E-state index contributed by atoms with van der Waals surface area (Å²) < 4.78 is 0.318. The van der Waals surface area contributed by atoms with E-state index in [9.17, 15) is 0 Å². The minimum absolute atomic E-state index is 0.318. The Morgan fingerprint density at radius 1 is 0.260 bits per heavy atom. The van der Waals surface area contributed by atoms with Gasteiger partial charge in [-0.25, -0.2) is 0 Å². The second-order valence-corrected chi connectivity index (χ2v) is 27.8. The van der Waals surface area contributed by atoms with Crippen molar-refractivity contribution in [1.82, 2.24) is 0 Å². The van der Waals surface area contributed by atoms with Crippen molar-refractivity contribution in [3.8, 4) is 0 Å². The van der Waals surface area contributed by atoms with Gasteiger partial charge in [-0.1, -0.05) is 297 Å². The number of rotatable bonds is 14. The predicted molar refractivity (Wildman–Crippen MR) is 348 cm³/mol. The molecule has 0 saturated carbocycles. The van der Waals surface area contributed by atoms with Crippen LogP contribution in [-0.4, -0.2) is 28.3 Å². The van der Waals surface area contributed by atoms with Gasteiger partial charge in [0.25, 0.3) is 0 Å². The van der Waals surface area contributed by atoms with E-state index in [4.69, 9.17) is 0 Å². The molecule has 0 heterocycles. The van der Waals surface area contributed by atoms with Gasteiger partial charge in [0.1, 0.15) is 38.7 Å². The van der Waals surface area contributed by atoms with Crippen molar-refractivity contribution < 1.29 is 0 Å². The zero-order valence-electron chi connectivity index (χ0n) is 45.2. The second-order valence-electron chi connectivity index (χ2n) is 20.9. The lowest BCUT2D eigenvalue weighted by molar-refractivity contribution is 0.791. The second kappa shape index (κ2) is 25.9. The van der Waals surface area contributed by atoms with Crippen LogP contribution in [-0.2, 0) is 10.9 Å². The van der Waals surface area contributed by atoms with Crippen LogP contribution in [0.5, 0.6) is 0 Å². The zero-order chi connectivity index (χ0) is 53.2. The highest BCUT2D eigenvalue weighted by Crippen LogP contribution is 2.57. The molecule has 11 aromatic carbocycles. The van der Waals surface area contributed by atoms with Crippen molar-refractivity contribution in [3.05, 3.63) is 334 Å². The fraction of sp³-hybridized carbons (Fsp3) is 0.0959. The SMILES string of the molecule is CC[S+](C[P+](c1ccccc1)(c1ccccc1)c1ccccc1)C(C)(C)C.c1ccc([B-](c2ccccc2)(c2ccccc2)c2ccccc2)cc1.c1ccc([B-](c2ccccc2)(c2ccccc2)c2ccccc2)cc1. The van der Waals surface area contributed by atoms with E-state index in [0.29, 0.717) is 15.6 Å². The lowest BCUT2D eigenvalue weighted by Crippen LogP contribution is -2.74. The molecule has 0 saturated heterocycles. The molecule has 0 aliphatic carbocycles. The van der Waals surface area contributed by atoms with Crippen molar-refractivity contribution in [1.29, 1.82) is 0 Å². The van der Waals surface area contributed by atoms with E-state index >= 15 is 0 Å². The molecule has 4 heteroatoms. The Balaban J connectivity index is 0.000000141. The van der Waals surface area contributed by atoms with Crippen molar-refractivity contribution >= 4 is 90.1 Å². The van der Waals surface area contributed by atoms with Crippen molar-refractivity contribution in [2.75, 3.05) is 11.2 Å². The predicted octanol–water partition coefficient (Wildman–Crippen LogP) is 11.5. The highest BCUT2D eigenvalue weighted by molar-refractivity contribution is 8.12. The third-order valence-electron chi connectivity index (χ3n) is 15.6. The average Bonchev–Trinajstić information content (AvgIpc) is 3.53. The number of benzene rings is 11. The summed E-state index contributed by atoms with van der Waals surface area (Å²) in [6.45, 7) is 9.60. The van der Waals surface area contributed by atoms with Gasteiger partial charge in [0.2, 0.25) is 5.49 Å². The molecule has 0 aliphatic rings. The highest BCUT2D eigenvalue weighted by atomic mass is 32.2. The van der Waals surface area contributed by atoms with Crippen molar-refractivity contribution in [3.63, 3.8) is 0 Å². The molecule has 0 N–H and O–H groups in total. The Morgan fingerprint density at radius 2 is 0.416 bits per heavy atom. The van der Waals surface area contributed by atoms with E-state index < -0.39 is 19.6 Å². The monoisotopic (exact) mass is 1030 g/mol. The van der Waals surface area contributed by atoms with Gasteiger partial charge >= 0.3 is 0 Å². The van der Waals surface area contributed by atoms with Gasteiger partial charge in [0.05, 0.1) is 0 Å². The van der Waals surface area contributed by atoms with E-state index in [1.165, 1.54) is 70.9 Å². The van der Waals surface area contributed by atoms with Crippen LogP contribution in [0, 0.1) is 0 Å². The van der Waals surface area contributed by atoms with Crippen molar-refractivity contribution in [2.24, 2.45) is 0 Å². The molecule has 0 fully saturated rings. The summed E-state index contributed by atoms with van der Waals surface area (Å²) in [7, 11) is -1.38. The maximum Gasteiger partial charge on any atom is 0.222 e. The van der Waals surface area contributed by atoms with Crippen LogP contribution in [0.25, 0.3) is 0 Å². The van der Waals surface area contributed by atoms with E-state index in [1.54, 1.807) is 0 Å². The molecule has 0 aromatic heterocycles. The van der Waals surface area contributed by atoms with Gasteiger partial charge in [-0.05, 0) is 64.1 Å². The van der Waals surface area contributed by atoms with E-state index in [1.807, 2.05) is 0 Å². The van der Waals surface area contributed by atoms with Crippen LogP contribution < -0.4 is 59.6 Å². The molecule has 0 bridgehead atoms. The highest BCUT2D eigenvalue weighted by Gasteiger charge is 2.53. The molecule has 11 aromatic rings. The smallest absolute Gasteiger partial charge is 0.195 e. The molecular formula is C73H71B2PS. The molecule has 0 aliphatic heterocycles. The molecule has 1 unspecified atom stereocenters. The molecule has 77 heavy (non-hydrogen) atoms. The first-order valence-corrected chi connectivity index (χ1v) is 30.8. The minimum atomic E-state index is -1.71. The largest absolute Gasteiger partial charge is 0.222 e. The van der Waals surface area contributed by atoms with Gasteiger partial charge in [0.15, 0.2) is 7.26 Å². The fourth-order valence-electron chi connectivity index (χ4n) is 11.9. The first-order chi connectivity index (χ1) is 37.8. The maximum atomic E-state index is 2.41. The molecule has 380 valence electrons. The molecule has 11 rings (SSSR count). The summed E-state index contributed by atoms with van der Waals surface area (Å²) in [4.78, 5) is 0. The van der Waals surface area contributed by atoms with E-state index in [0.717, 1.165) is 0 Å². The lowest BCUT2D eigenvalue weighted by Gasteiger charge is -2.44. The average molecular weight is 1030 g/mol. The maximum absolute atomic E-state index is 2.41. The third kappa shape index (κ3) is 11.8. The van der Waals surface area contributed by atoms with Gasteiger partial charge in [-0.15, -0.1) is 0 Å². The molecule has 0 amide bonds. The Labute approximate surface area is 464 Å². The first-order valence-electron chi connectivity index (χ1n) is 27.3. The standard InChI is InChI=1S/C25H31PS.2C24H20B/c1-5-27(25(2,3)4)21-26(22-15-9-6-10-16-22,23-17-11-7-12-18-23)24-19-13-8-14-20-24;2*1-5-13-21(14-6-1)25(22-15-7-2-8-16-22,23-17-9-3-10-18-23)24-19-11-4-12-20-24/h6-20H,5,21H2,1-4H3;2*1-20H/q+2;2*-1. The summed E-state index contributed by atoms with van der Waals surface area (Å²) in [6.07, 6.45) is -2.43. The number of hydrogen-bond acceptors (Lipinski definition) is 0. The van der Waals surface area contributed by atoms with Gasteiger partial charge < -0.3 is 0 Å². The molecule has 0 nitrogen and oxygen atoms in total. The lowest BCUT2D eigenvalue weighted by atomic mass is 9.13. The van der Waals surface area contributed by atoms with E-state index in [-0.39, 0.29) is 0 Å². The van der Waals surface area contributed by atoms with Gasteiger partial charge in [-0.3, -0.25) is 0 Å². The summed E-state index contributed by atoms with van der Waals surface area (Å²) in [5, 5.41) is 4.49. The number of hydrogen-bond donors (Lipinski definition) is 0. The van der Waals surface area contributed by atoms with Crippen molar-refractivity contribution in [2.45, 2.75) is 32.4 Å². The molecular weight excluding hydrogens is 961 g/mol. The topological polar surface area (TPSA) is 0 Å². The van der Waals surface area contributed by atoms with Crippen LogP contribution in [0.15, 0.2) is 334 Å². The summed E-state index contributed by atoms with van der Waals surface area (Å²) in [5.41, 5.74) is 12.0. The Hall–Kier alpha value is -7.67. The molecule has 0 spiro atoms. The molecule has 0 radical (unpaired) electrons. The van der Waals surface area contributed by atoms with Gasteiger partial charge in [0, 0.05) is 10.9 Å². The Morgan fingerprint density at radius 3 is 0.558 bits per heavy atom. The fourth-order valence-corrected chi connectivity index (χ4v) is 21.7. The summed E-state index contributed by atoms with van der Waals surface area (Å²) >= 11 is 0. The van der Waals surface area contributed by atoms with Crippen LogP contribution in [0.1, 0.15) is 27.7 Å². The van der Waals surface area contributed by atoms with Crippen LogP contribution in [0.4, 0.5) is 0 Å².